The van der Waals surface area contributed by atoms with Crippen LogP contribution >= 0.6 is 11.3 Å². The number of aromatic carboxylic acids is 1. The van der Waals surface area contributed by atoms with E-state index in [0.717, 1.165) is 30.6 Å². The minimum atomic E-state index is -0.818. The van der Waals surface area contributed by atoms with E-state index in [1.807, 2.05) is 11.4 Å². The lowest BCUT2D eigenvalue weighted by Crippen LogP contribution is -2.24. The van der Waals surface area contributed by atoms with Crippen LogP contribution in [0.15, 0.2) is 11.4 Å². The standard InChI is InChI=1S/C14H21NO2S/c1-10(2)11-4-3-6-15(7-5-11)12-8-13(14(16)17)18-9-12/h8-11H,3-7H2,1-2H3,(H,16,17). The van der Waals surface area contributed by atoms with Crippen LogP contribution in [0.3, 0.4) is 0 Å². The number of hydrogen-bond acceptors (Lipinski definition) is 3. The number of carboxylic acids is 1. The molecule has 1 aliphatic heterocycles. The number of rotatable bonds is 3. The molecular formula is C14H21NO2S. The van der Waals surface area contributed by atoms with Gasteiger partial charge in [0, 0.05) is 24.2 Å². The number of hydrogen-bond donors (Lipinski definition) is 1. The summed E-state index contributed by atoms with van der Waals surface area (Å²) in [5.74, 6) is 0.746. The van der Waals surface area contributed by atoms with Crippen molar-refractivity contribution in [3.05, 3.63) is 16.3 Å². The Morgan fingerprint density at radius 3 is 2.83 bits per heavy atom. The summed E-state index contributed by atoms with van der Waals surface area (Å²) in [6.07, 6.45) is 3.72. The van der Waals surface area contributed by atoms with Crippen LogP contribution in [0.25, 0.3) is 0 Å². The maximum absolute atomic E-state index is 10.9. The van der Waals surface area contributed by atoms with Gasteiger partial charge in [-0.3, -0.25) is 0 Å². The zero-order chi connectivity index (χ0) is 13.1. The average molecular weight is 267 g/mol. The first kappa shape index (κ1) is 13.4. The van der Waals surface area contributed by atoms with Gasteiger partial charge in [-0.2, -0.15) is 0 Å². The van der Waals surface area contributed by atoms with E-state index in [1.54, 1.807) is 0 Å². The zero-order valence-corrected chi connectivity index (χ0v) is 11.9. The van der Waals surface area contributed by atoms with Crippen molar-refractivity contribution < 1.29 is 9.90 Å². The summed E-state index contributed by atoms with van der Waals surface area (Å²) >= 11 is 1.32. The molecule has 1 aliphatic rings. The highest BCUT2D eigenvalue weighted by Gasteiger charge is 2.20. The van der Waals surface area contributed by atoms with Crippen LogP contribution in [-0.2, 0) is 0 Å². The van der Waals surface area contributed by atoms with Gasteiger partial charge >= 0.3 is 5.97 Å². The highest BCUT2D eigenvalue weighted by molar-refractivity contribution is 7.12. The molecule has 1 aromatic heterocycles. The van der Waals surface area contributed by atoms with Crippen molar-refractivity contribution in [2.45, 2.75) is 33.1 Å². The molecule has 0 aromatic carbocycles. The Kier molecular flexibility index (Phi) is 4.27. The third-order valence-electron chi connectivity index (χ3n) is 3.88. The maximum Gasteiger partial charge on any atom is 0.345 e. The molecule has 1 fully saturated rings. The summed E-state index contributed by atoms with van der Waals surface area (Å²) in [4.78, 5) is 13.7. The van der Waals surface area contributed by atoms with Gasteiger partial charge in [-0.25, -0.2) is 4.79 Å². The van der Waals surface area contributed by atoms with Crippen molar-refractivity contribution in [1.29, 1.82) is 0 Å². The van der Waals surface area contributed by atoms with Crippen LogP contribution in [0.4, 0.5) is 5.69 Å². The fourth-order valence-electron chi connectivity index (χ4n) is 2.65. The maximum atomic E-state index is 10.9. The largest absolute Gasteiger partial charge is 0.477 e. The fraction of sp³-hybridized carbons (Fsp3) is 0.643. The van der Waals surface area contributed by atoms with Crippen molar-refractivity contribution >= 4 is 23.0 Å². The smallest absolute Gasteiger partial charge is 0.345 e. The van der Waals surface area contributed by atoms with Gasteiger partial charge < -0.3 is 10.0 Å². The van der Waals surface area contributed by atoms with Crippen molar-refractivity contribution in [3.8, 4) is 0 Å². The summed E-state index contributed by atoms with van der Waals surface area (Å²) in [7, 11) is 0. The molecule has 0 amide bonds. The number of nitrogens with zero attached hydrogens (tertiary/aromatic N) is 1. The predicted molar refractivity (Wildman–Crippen MR) is 75.7 cm³/mol. The van der Waals surface area contributed by atoms with Gasteiger partial charge in [0.15, 0.2) is 0 Å². The van der Waals surface area contributed by atoms with E-state index >= 15 is 0 Å². The lowest BCUT2D eigenvalue weighted by molar-refractivity contribution is 0.0702. The molecule has 4 heteroatoms. The van der Waals surface area contributed by atoms with E-state index in [1.165, 1.54) is 30.6 Å². The van der Waals surface area contributed by atoms with Crippen molar-refractivity contribution in [2.75, 3.05) is 18.0 Å². The molecule has 1 saturated heterocycles. The van der Waals surface area contributed by atoms with E-state index < -0.39 is 5.97 Å². The lowest BCUT2D eigenvalue weighted by Gasteiger charge is -2.22. The van der Waals surface area contributed by atoms with Gasteiger partial charge in [-0.05, 0) is 37.2 Å². The molecule has 18 heavy (non-hydrogen) atoms. The van der Waals surface area contributed by atoms with Crippen LogP contribution < -0.4 is 4.90 Å². The topological polar surface area (TPSA) is 40.5 Å². The first-order chi connectivity index (χ1) is 8.58. The predicted octanol–water partition coefficient (Wildman–Crippen LogP) is 3.71. The van der Waals surface area contributed by atoms with Gasteiger partial charge in [0.2, 0.25) is 0 Å². The Morgan fingerprint density at radius 2 is 2.22 bits per heavy atom. The fourth-order valence-corrected chi connectivity index (χ4v) is 3.41. The zero-order valence-electron chi connectivity index (χ0n) is 11.1. The summed E-state index contributed by atoms with van der Waals surface area (Å²) in [5.41, 5.74) is 1.09. The summed E-state index contributed by atoms with van der Waals surface area (Å²) in [5, 5.41) is 10.9. The molecule has 0 spiro atoms. The summed E-state index contributed by atoms with van der Waals surface area (Å²) in [6, 6.07) is 1.81. The Bertz CT molecular complexity index is 414. The Labute approximate surface area is 112 Å². The first-order valence-corrected chi connectivity index (χ1v) is 7.52. The molecule has 1 N–H and O–H groups in total. The van der Waals surface area contributed by atoms with Crippen LogP contribution in [0.2, 0.25) is 0 Å². The van der Waals surface area contributed by atoms with E-state index in [0.29, 0.717) is 4.88 Å². The number of carboxylic acid groups (broad SMARTS) is 1. The molecule has 100 valence electrons. The van der Waals surface area contributed by atoms with Crippen molar-refractivity contribution in [1.82, 2.24) is 0 Å². The van der Waals surface area contributed by atoms with Crippen molar-refractivity contribution in [3.63, 3.8) is 0 Å². The number of thiophene rings is 1. The number of carbonyl (C=O) groups is 1. The van der Waals surface area contributed by atoms with Gasteiger partial charge in [0.05, 0.1) is 0 Å². The van der Waals surface area contributed by atoms with Gasteiger partial charge in [0.25, 0.3) is 0 Å². The molecule has 0 radical (unpaired) electrons. The first-order valence-electron chi connectivity index (χ1n) is 6.64. The van der Waals surface area contributed by atoms with E-state index in [2.05, 4.69) is 18.7 Å². The van der Waals surface area contributed by atoms with E-state index in [-0.39, 0.29) is 0 Å². The summed E-state index contributed by atoms with van der Waals surface area (Å²) < 4.78 is 0. The van der Waals surface area contributed by atoms with Gasteiger partial charge in [-0.15, -0.1) is 11.3 Å². The second kappa shape index (κ2) is 5.74. The van der Waals surface area contributed by atoms with Crippen LogP contribution in [-0.4, -0.2) is 24.2 Å². The molecule has 1 atom stereocenters. The molecule has 3 nitrogen and oxygen atoms in total. The second-order valence-corrected chi connectivity index (χ2v) is 6.31. The molecule has 0 aliphatic carbocycles. The molecule has 0 bridgehead atoms. The third kappa shape index (κ3) is 3.05. The highest BCUT2D eigenvalue weighted by atomic mass is 32.1. The lowest BCUT2D eigenvalue weighted by atomic mass is 9.89. The second-order valence-electron chi connectivity index (χ2n) is 5.40. The molecule has 2 heterocycles. The molecular weight excluding hydrogens is 246 g/mol. The molecule has 0 saturated carbocycles. The SMILES string of the molecule is CC(C)C1CCCN(c2csc(C(=O)O)c2)CC1. The monoisotopic (exact) mass is 267 g/mol. The molecule has 1 unspecified atom stereocenters. The van der Waals surface area contributed by atoms with E-state index in [4.69, 9.17) is 5.11 Å². The summed E-state index contributed by atoms with van der Waals surface area (Å²) in [6.45, 7) is 6.71. The van der Waals surface area contributed by atoms with Gasteiger partial charge in [0.1, 0.15) is 4.88 Å². The van der Waals surface area contributed by atoms with E-state index in [9.17, 15) is 4.79 Å². The van der Waals surface area contributed by atoms with Crippen LogP contribution in [0.1, 0.15) is 42.8 Å². The van der Waals surface area contributed by atoms with Crippen LogP contribution in [0.5, 0.6) is 0 Å². The van der Waals surface area contributed by atoms with Gasteiger partial charge in [-0.1, -0.05) is 13.8 Å². The quantitative estimate of drug-likeness (QED) is 0.907. The average Bonchev–Trinajstić information content (AvgIpc) is 2.67. The van der Waals surface area contributed by atoms with Crippen molar-refractivity contribution in [2.24, 2.45) is 11.8 Å². The van der Waals surface area contributed by atoms with Crippen LogP contribution in [0, 0.1) is 11.8 Å². The Balaban J connectivity index is 2.02. The molecule has 1 aromatic rings. The third-order valence-corrected chi connectivity index (χ3v) is 4.78. The minimum Gasteiger partial charge on any atom is -0.477 e. The Morgan fingerprint density at radius 1 is 1.44 bits per heavy atom. The normalized spacial score (nSPS) is 21.1. The Hall–Kier alpha value is -1.03. The minimum absolute atomic E-state index is 0.439. The highest BCUT2D eigenvalue weighted by Crippen LogP contribution is 2.29. The number of anilines is 1. The molecule has 2 rings (SSSR count).